The van der Waals surface area contributed by atoms with Crippen LogP contribution in [0.25, 0.3) is 10.2 Å². The molecule has 1 amide bonds. The van der Waals surface area contributed by atoms with Gasteiger partial charge in [-0.1, -0.05) is 37.2 Å². The number of hydrogen-bond donors (Lipinski definition) is 2. The van der Waals surface area contributed by atoms with E-state index in [4.69, 9.17) is 21.3 Å². The van der Waals surface area contributed by atoms with Crippen LogP contribution < -0.4 is 15.6 Å². The number of rotatable bonds is 6. The summed E-state index contributed by atoms with van der Waals surface area (Å²) in [6, 6.07) is 5.06. The molecule has 6 nitrogen and oxygen atoms in total. The van der Waals surface area contributed by atoms with Gasteiger partial charge in [-0.3, -0.25) is 9.59 Å². The van der Waals surface area contributed by atoms with Crippen molar-refractivity contribution in [1.29, 1.82) is 0 Å². The first-order chi connectivity index (χ1) is 14.9. The number of benzene rings is 1. The first-order valence-corrected chi connectivity index (χ1v) is 12.3. The van der Waals surface area contributed by atoms with Crippen LogP contribution in [0.15, 0.2) is 28.2 Å². The standard InChI is InChI=1S/C22H24ClN3O3S2/c1-4-16(19(27)24-14-10-12(23)6-8-15(14)29-3)31-22-25-20(28)18-13-7-5-11(2)9-17(13)30-21(18)26-22/h6,8,10-11,16H,4-5,7,9H2,1-3H3,(H,24,27)(H,25,26,28). The molecule has 2 atom stereocenters. The van der Waals surface area contributed by atoms with E-state index in [-0.39, 0.29) is 11.5 Å². The minimum absolute atomic E-state index is 0.119. The minimum Gasteiger partial charge on any atom is -0.495 e. The summed E-state index contributed by atoms with van der Waals surface area (Å²) in [5, 5.41) is 4.14. The molecule has 3 aromatic rings. The molecule has 2 heterocycles. The van der Waals surface area contributed by atoms with Crippen molar-refractivity contribution in [2.75, 3.05) is 12.4 Å². The predicted octanol–water partition coefficient (Wildman–Crippen LogP) is 5.28. The van der Waals surface area contributed by atoms with E-state index in [0.717, 1.165) is 35.0 Å². The molecule has 2 unspecified atom stereocenters. The number of amides is 1. The third-order valence-corrected chi connectivity index (χ3v) is 8.11. The second-order valence-electron chi connectivity index (χ2n) is 7.75. The highest BCUT2D eigenvalue weighted by Gasteiger charge is 2.25. The van der Waals surface area contributed by atoms with E-state index < -0.39 is 5.25 Å². The third-order valence-electron chi connectivity index (χ3n) is 5.48. The molecule has 0 spiro atoms. The fourth-order valence-electron chi connectivity index (χ4n) is 3.83. The Morgan fingerprint density at radius 2 is 2.29 bits per heavy atom. The van der Waals surface area contributed by atoms with Crippen molar-refractivity contribution in [2.45, 2.75) is 49.9 Å². The Labute approximate surface area is 193 Å². The van der Waals surface area contributed by atoms with Gasteiger partial charge in [-0.2, -0.15) is 0 Å². The molecule has 0 bridgehead atoms. The van der Waals surface area contributed by atoms with Gasteiger partial charge in [-0.05, 0) is 55.4 Å². The molecule has 4 rings (SSSR count). The van der Waals surface area contributed by atoms with E-state index in [1.54, 1.807) is 29.5 Å². The van der Waals surface area contributed by atoms with Crippen LogP contribution in [0.3, 0.4) is 0 Å². The number of carbonyl (C=O) groups excluding carboxylic acids is 1. The molecule has 0 saturated carbocycles. The molecule has 2 N–H and O–H groups in total. The molecule has 1 aromatic carbocycles. The number of hydrogen-bond acceptors (Lipinski definition) is 6. The van der Waals surface area contributed by atoms with Gasteiger partial charge < -0.3 is 15.0 Å². The van der Waals surface area contributed by atoms with Gasteiger partial charge in [0.15, 0.2) is 5.16 Å². The normalized spacial score (nSPS) is 16.7. The number of aryl methyl sites for hydroxylation is 1. The highest BCUT2D eigenvalue weighted by atomic mass is 35.5. The van der Waals surface area contributed by atoms with Gasteiger partial charge in [-0.15, -0.1) is 11.3 Å². The second-order valence-corrected chi connectivity index (χ2v) is 10.5. The largest absolute Gasteiger partial charge is 0.495 e. The van der Waals surface area contributed by atoms with E-state index in [9.17, 15) is 9.59 Å². The number of ether oxygens (including phenoxy) is 1. The molecule has 31 heavy (non-hydrogen) atoms. The topological polar surface area (TPSA) is 84.1 Å². The Kier molecular flexibility index (Phi) is 6.60. The molecule has 0 radical (unpaired) electrons. The van der Waals surface area contributed by atoms with Gasteiger partial charge in [0.1, 0.15) is 10.6 Å². The Bertz CT molecular complexity index is 1190. The Morgan fingerprint density at radius 3 is 3.03 bits per heavy atom. The van der Waals surface area contributed by atoms with Crippen LogP contribution in [0.1, 0.15) is 37.1 Å². The minimum atomic E-state index is -0.432. The van der Waals surface area contributed by atoms with Crippen molar-refractivity contribution in [3.63, 3.8) is 0 Å². The average molecular weight is 478 g/mol. The molecule has 1 aliphatic rings. The van der Waals surface area contributed by atoms with Crippen molar-refractivity contribution < 1.29 is 9.53 Å². The van der Waals surface area contributed by atoms with Gasteiger partial charge in [-0.25, -0.2) is 4.98 Å². The predicted molar refractivity (Wildman–Crippen MR) is 128 cm³/mol. The molecule has 0 saturated heterocycles. The van der Waals surface area contributed by atoms with Crippen molar-refractivity contribution in [3.8, 4) is 5.75 Å². The maximum absolute atomic E-state index is 12.9. The van der Waals surface area contributed by atoms with Gasteiger partial charge in [0, 0.05) is 9.90 Å². The van der Waals surface area contributed by atoms with Crippen LogP contribution in [-0.2, 0) is 17.6 Å². The highest BCUT2D eigenvalue weighted by Crippen LogP contribution is 2.36. The third kappa shape index (κ3) is 4.61. The fraction of sp³-hybridized carbons (Fsp3) is 0.409. The number of thiophene rings is 1. The first-order valence-electron chi connectivity index (χ1n) is 10.2. The Morgan fingerprint density at radius 1 is 1.48 bits per heavy atom. The monoisotopic (exact) mass is 477 g/mol. The first kappa shape index (κ1) is 22.2. The number of aromatic nitrogens is 2. The van der Waals surface area contributed by atoms with Crippen molar-refractivity contribution in [2.24, 2.45) is 5.92 Å². The van der Waals surface area contributed by atoms with Crippen LogP contribution >= 0.6 is 34.7 Å². The van der Waals surface area contributed by atoms with Crippen molar-refractivity contribution >= 4 is 56.5 Å². The quantitative estimate of drug-likeness (QED) is 0.372. The molecule has 0 fully saturated rings. The number of fused-ring (bicyclic) bond motifs is 3. The Balaban J connectivity index is 1.58. The summed E-state index contributed by atoms with van der Waals surface area (Å²) in [7, 11) is 1.54. The van der Waals surface area contributed by atoms with Crippen LogP contribution in [0, 0.1) is 5.92 Å². The number of methoxy groups -OCH3 is 1. The summed E-state index contributed by atoms with van der Waals surface area (Å²) in [5.74, 6) is 0.962. The van der Waals surface area contributed by atoms with E-state index in [2.05, 4.69) is 17.2 Å². The number of carbonyl (C=O) groups is 1. The summed E-state index contributed by atoms with van der Waals surface area (Å²) in [6.45, 7) is 4.17. The molecule has 2 aromatic heterocycles. The number of halogens is 1. The summed E-state index contributed by atoms with van der Waals surface area (Å²) >= 11 is 8.94. The smallest absolute Gasteiger partial charge is 0.260 e. The van der Waals surface area contributed by atoms with E-state index >= 15 is 0 Å². The lowest BCUT2D eigenvalue weighted by molar-refractivity contribution is -0.115. The van der Waals surface area contributed by atoms with Crippen molar-refractivity contribution in [3.05, 3.63) is 44.0 Å². The van der Waals surface area contributed by atoms with Gasteiger partial charge >= 0.3 is 0 Å². The van der Waals surface area contributed by atoms with Gasteiger partial charge in [0.25, 0.3) is 5.56 Å². The summed E-state index contributed by atoms with van der Waals surface area (Å²) in [5.41, 5.74) is 1.54. The summed E-state index contributed by atoms with van der Waals surface area (Å²) < 4.78 is 5.31. The SMILES string of the molecule is CCC(Sc1nc2sc3c(c2c(=O)[nH]1)CCC(C)C3)C(=O)Nc1cc(Cl)ccc1OC. The lowest BCUT2D eigenvalue weighted by Crippen LogP contribution is -2.25. The molecular formula is C22H24ClN3O3S2. The van der Waals surface area contributed by atoms with Crippen molar-refractivity contribution in [1.82, 2.24) is 9.97 Å². The van der Waals surface area contributed by atoms with E-state index in [0.29, 0.717) is 34.0 Å². The maximum Gasteiger partial charge on any atom is 0.260 e. The zero-order valence-corrected chi connectivity index (χ0v) is 20.0. The van der Waals surface area contributed by atoms with Crippen LogP contribution in [0.4, 0.5) is 5.69 Å². The molecule has 0 aliphatic heterocycles. The highest BCUT2D eigenvalue weighted by molar-refractivity contribution is 8.00. The summed E-state index contributed by atoms with van der Waals surface area (Å²) in [4.78, 5) is 35.4. The second kappa shape index (κ2) is 9.22. The number of anilines is 1. The number of H-pyrrole nitrogens is 1. The Hall–Kier alpha value is -2.03. The molecular weight excluding hydrogens is 454 g/mol. The van der Waals surface area contributed by atoms with E-state index in [1.807, 2.05) is 6.92 Å². The summed E-state index contributed by atoms with van der Waals surface area (Å²) in [6.07, 6.45) is 3.59. The van der Waals surface area contributed by atoms with Crippen LogP contribution in [0.2, 0.25) is 5.02 Å². The number of nitrogens with zero attached hydrogens (tertiary/aromatic N) is 1. The number of nitrogens with one attached hydrogen (secondary N) is 2. The van der Waals surface area contributed by atoms with Gasteiger partial charge in [0.2, 0.25) is 5.91 Å². The maximum atomic E-state index is 12.9. The fourth-order valence-corrected chi connectivity index (χ4v) is 6.34. The molecule has 1 aliphatic carbocycles. The van der Waals surface area contributed by atoms with Gasteiger partial charge in [0.05, 0.1) is 23.4 Å². The number of thioether (sulfide) groups is 1. The number of aromatic amines is 1. The lowest BCUT2D eigenvalue weighted by Gasteiger charge is -2.17. The molecule has 164 valence electrons. The molecule has 9 heteroatoms. The van der Waals surface area contributed by atoms with E-state index in [1.165, 1.54) is 23.7 Å². The zero-order chi connectivity index (χ0) is 22.1. The average Bonchev–Trinajstić information content (AvgIpc) is 3.09. The lowest BCUT2D eigenvalue weighted by atomic mass is 9.89. The zero-order valence-electron chi connectivity index (χ0n) is 17.6. The van der Waals surface area contributed by atoms with Crippen LogP contribution in [0.5, 0.6) is 5.75 Å². The van der Waals surface area contributed by atoms with Crippen LogP contribution in [-0.4, -0.2) is 28.2 Å².